The highest BCUT2D eigenvalue weighted by atomic mass is 32.2. The Kier molecular flexibility index (Phi) is 5.87. The Hall–Kier alpha value is -2.16. The predicted molar refractivity (Wildman–Crippen MR) is 128 cm³/mol. The standard InChI is InChI=1S/C24H31FN4O3S/c1-14(2)28-19(9-22(30)26-21-8-18(29(31)32)3-4-20(21)25)13-33-23(28)27-24-10-15-5-16(11-24)7-17(6-15)12-24/h3-4,8,14-17,19H,5-7,9-13H2,1-2H3,(H,26,30). The molecule has 1 heterocycles. The average Bonchev–Trinajstić information content (AvgIpc) is 3.09. The van der Waals surface area contributed by atoms with Gasteiger partial charge in [-0.1, -0.05) is 11.8 Å². The number of carbonyl (C=O) groups excluding carboxylic acids is 1. The molecule has 4 saturated carbocycles. The van der Waals surface area contributed by atoms with Gasteiger partial charge in [-0.3, -0.25) is 19.9 Å². The summed E-state index contributed by atoms with van der Waals surface area (Å²) < 4.78 is 14.1. The second kappa shape index (κ2) is 8.56. The first-order valence-corrected chi connectivity index (χ1v) is 12.9. The first kappa shape index (κ1) is 22.6. The van der Waals surface area contributed by atoms with Gasteiger partial charge in [0.1, 0.15) is 5.82 Å². The quantitative estimate of drug-likeness (QED) is 0.452. The van der Waals surface area contributed by atoms with E-state index in [0.29, 0.717) is 0 Å². The van der Waals surface area contributed by atoms with E-state index >= 15 is 0 Å². The molecule has 1 aromatic carbocycles. The number of hydrogen-bond acceptors (Lipinski definition) is 5. The fourth-order valence-electron chi connectivity index (χ4n) is 6.91. The number of aliphatic imine (C=N–C) groups is 1. The van der Waals surface area contributed by atoms with Crippen molar-refractivity contribution in [3.05, 3.63) is 34.1 Å². The first-order valence-electron chi connectivity index (χ1n) is 12.0. The molecule has 9 heteroatoms. The normalized spacial score (nSPS) is 33.8. The van der Waals surface area contributed by atoms with Crippen LogP contribution in [-0.2, 0) is 4.79 Å². The third-order valence-electron chi connectivity index (χ3n) is 7.77. The molecule has 178 valence electrons. The van der Waals surface area contributed by atoms with Gasteiger partial charge in [0.15, 0.2) is 5.17 Å². The number of amides is 1. The topological polar surface area (TPSA) is 87.8 Å². The van der Waals surface area contributed by atoms with Gasteiger partial charge in [0.2, 0.25) is 5.91 Å². The highest BCUT2D eigenvalue weighted by Crippen LogP contribution is 2.57. The first-order chi connectivity index (χ1) is 15.7. The van der Waals surface area contributed by atoms with Crippen LogP contribution in [0.3, 0.4) is 0 Å². The number of hydrogen-bond donors (Lipinski definition) is 1. The zero-order chi connectivity index (χ0) is 23.3. The van der Waals surface area contributed by atoms with E-state index in [1.165, 1.54) is 38.5 Å². The molecule has 0 radical (unpaired) electrons. The number of amidine groups is 1. The second-order valence-corrected chi connectivity index (χ2v) is 11.7. The van der Waals surface area contributed by atoms with E-state index in [1.807, 2.05) is 0 Å². The van der Waals surface area contributed by atoms with E-state index < -0.39 is 10.7 Å². The minimum absolute atomic E-state index is 0.0376. The van der Waals surface area contributed by atoms with Crippen LogP contribution in [0.15, 0.2) is 23.2 Å². The molecule has 1 aromatic rings. The fraction of sp³-hybridized carbons (Fsp3) is 0.667. The summed E-state index contributed by atoms with van der Waals surface area (Å²) in [5.74, 6) is 2.21. The number of carbonyl (C=O) groups is 1. The highest BCUT2D eigenvalue weighted by molar-refractivity contribution is 8.14. The van der Waals surface area contributed by atoms with Crippen LogP contribution in [0.5, 0.6) is 0 Å². The van der Waals surface area contributed by atoms with Crippen LogP contribution in [-0.4, -0.2) is 44.3 Å². The van der Waals surface area contributed by atoms with Crippen LogP contribution < -0.4 is 5.32 Å². The lowest BCUT2D eigenvalue weighted by atomic mass is 9.53. The second-order valence-electron chi connectivity index (χ2n) is 10.7. The lowest BCUT2D eigenvalue weighted by Gasteiger charge is -2.55. The largest absolute Gasteiger partial charge is 0.345 e. The maximum Gasteiger partial charge on any atom is 0.271 e. The molecule has 1 unspecified atom stereocenters. The van der Waals surface area contributed by atoms with E-state index in [2.05, 4.69) is 24.1 Å². The van der Waals surface area contributed by atoms with E-state index in [1.54, 1.807) is 11.8 Å². The van der Waals surface area contributed by atoms with Crippen molar-refractivity contribution in [3.63, 3.8) is 0 Å². The Morgan fingerprint density at radius 1 is 1.27 bits per heavy atom. The smallest absolute Gasteiger partial charge is 0.271 e. The molecule has 1 amide bonds. The number of thioether (sulfide) groups is 1. The third-order valence-corrected chi connectivity index (χ3v) is 8.88. The summed E-state index contributed by atoms with van der Waals surface area (Å²) >= 11 is 1.73. The molecule has 33 heavy (non-hydrogen) atoms. The zero-order valence-corrected chi connectivity index (χ0v) is 19.9. The van der Waals surface area contributed by atoms with E-state index in [4.69, 9.17) is 4.99 Å². The van der Waals surface area contributed by atoms with Crippen molar-refractivity contribution < 1.29 is 14.1 Å². The van der Waals surface area contributed by atoms with Gasteiger partial charge in [0, 0.05) is 36.4 Å². The van der Waals surface area contributed by atoms with E-state index in [9.17, 15) is 19.3 Å². The Morgan fingerprint density at radius 2 is 1.91 bits per heavy atom. The summed E-state index contributed by atoms with van der Waals surface area (Å²) in [5.41, 5.74) is -0.330. The van der Waals surface area contributed by atoms with Crippen LogP contribution in [0.4, 0.5) is 15.8 Å². The van der Waals surface area contributed by atoms with Gasteiger partial charge < -0.3 is 10.2 Å². The van der Waals surface area contributed by atoms with E-state index in [-0.39, 0.29) is 41.3 Å². The molecular formula is C24H31FN4O3S. The molecule has 1 aliphatic heterocycles. The highest BCUT2D eigenvalue weighted by Gasteiger charge is 2.51. The molecule has 0 spiro atoms. The molecule has 7 nitrogen and oxygen atoms in total. The summed E-state index contributed by atoms with van der Waals surface area (Å²) in [7, 11) is 0. The maximum absolute atomic E-state index is 14.1. The number of nitrogens with one attached hydrogen (secondary N) is 1. The van der Waals surface area contributed by atoms with Crippen LogP contribution >= 0.6 is 11.8 Å². The van der Waals surface area contributed by atoms with Crippen LogP contribution in [0.1, 0.15) is 58.8 Å². The summed E-state index contributed by atoms with van der Waals surface area (Å²) in [4.78, 5) is 30.8. The Morgan fingerprint density at radius 3 is 2.48 bits per heavy atom. The van der Waals surface area contributed by atoms with Gasteiger partial charge in [0.05, 0.1) is 16.1 Å². The lowest BCUT2D eigenvalue weighted by Crippen LogP contribution is -2.50. The molecule has 1 N–H and O–H groups in total. The van der Waals surface area contributed by atoms with Crippen LogP contribution in [0, 0.1) is 33.7 Å². The number of rotatable bonds is 6. The van der Waals surface area contributed by atoms with Gasteiger partial charge >= 0.3 is 0 Å². The molecule has 1 atom stereocenters. The Labute approximate surface area is 197 Å². The molecule has 5 fully saturated rings. The average molecular weight is 475 g/mol. The third kappa shape index (κ3) is 4.48. The summed E-state index contributed by atoms with van der Waals surface area (Å²) in [6.45, 7) is 4.23. The number of anilines is 1. The van der Waals surface area contributed by atoms with Gasteiger partial charge in [-0.2, -0.15) is 0 Å². The number of halogens is 1. The summed E-state index contributed by atoms with van der Waals surface area (Å²) in [6, 6.07) is 3.32. The number of benzene rings is 1. The number of nitro groups is 1. The van der Waals surface area contributed by atoms with Crippen molar-refractivity contribution in [1.29, 1.82) is 0 Å². The predicted octanol–water partition coefficient (Wildman–Crippen LogP) is 5.21. The molecule has 0 aromatic heterocycles. The minimum Gasteiger partial charge on any atom is -0.345 e. The zero-order valence-electron chi connectivity index (χ0n) is 19.1. The van der Waals surface area contributed by atoms with Gasteiger partial charge in [-0.15, -0.1) is 0 Å². The van der Waals surface area contributed by atoms with E-state index in [0.717, 1.165) is 46.9 Å². The molecule has 6 rings (SSSR count). The van der Waals surface area contributed by atoms with Gasteiger partial charge in [-0.25, -0.2) is 4.39 Å². The van der Waals surface area contributed by atoms with Crippen molar-refractivity contribution >= 4 is 34.2 Å². The van der Waals surface area contributed by atoms with Crippen molar-refractivity contribution in [3.8, 4) is 0 Å². The lowest BCUT2D eigenvalue weighted by molar-refractivity contribution is -0.384. The molecular weight excluding hydrogens is 443 g/mol. The summed E-state index contributed by atoms with van der Waals surface area (Å²) in [6.07, 6.45) is 7.92. The number of non-ortho nitro benzene ring substituents is 1. The van der Waals surface area contributed by atoms with Gasteiger partial charge in [-0.05, 0) is 76.2 Å². The van der Waals surface area contributed by atoms with Crippen molar-refractivity contribution in [2.45, 2.75) is 76.4 Å². The molecule has 1 saturated heterocycles. The molecule has 5 aliphatic rings. The molecule has 4 bridgehead atoms. The maximum atomic E-state index is 14.1. The van der Waals surface area contributed by atoms with Crippen molar-refractivity contribution in [1.82, 2.24) is 4.90 Å². The Balaban J connectivity index is 1.30. The SMILES string of the molecule is CC(C)N1C(=NC23CC4CC(CC(C4)C2)C3)SCC1CC(=O)Nc1cc([N+](=O)[O-])ccc1F. The fourth-order valence-corrected chi connectivity index (χ4v) is 8.30. The van der Waals surface area contributed by atoms with Gasteiger partial charge in [0.25, 0.3) is 5.69 Å². The molecule has 4 aliphatic carbocycles. The van der Waals surface area contributed by atoms with Crippen LogP contribution in [0.25, 0.3) is 0 Å². The van der Waals surface area contributed by atoms with Crippen molar-refractivity contribution in [2.24, 2.45) is 22.7 Å². The van der Waals surface area contributed by atoms with Crippen molar-refractivity contribution in [2.75, 3.05) is 11.1 Å². The summed E-state index contributed by atoms with van der Waals surface area (Å²) in [5, 5.41) is 14.6. The number of nitrogens with zero attached hydrogens (tertiary/aromatic N) is 3. The monoisotopic (exact) mass is 474 g/mol. The minimum atomic E-state index is -0.681. The Bertz CT molecular complexity index is 963. The van der Waals surface area contributed by atoms with Crippen LogP contribution in [0.2, 0.25) is 0 Å². The number of nitro benzene ring substituents is 1.